The predicted octanol–water partition coefficient (Wildman–Crippen LogP) is 4.69. The van der Waals surface area contributed by atoms with Gasteiger partial charge in [-0.05, 0) is 36.5 Å². The van der Waals surface area contributed by atoms with Crippen LogP contribution < -0.4 is 5.73 Å². The van der Waals surface area contributed by atoms with Gasteiger partial charge in [0.2, 0.25) is 0 Å². The van der Waals surface area contributed by atoms with E-state index in [0.717, 1.165) is 0 Å². The van der Waals surface area contributed by atoms with E-state index in [-0.39, 0.29) is 6.04 Å². The Balaban J connectivity index is 1.82. The van der Waals surface area contributed by atoms with E-state index in [1.54, 1.807) is 0 Å². The fraction of sp³-hybridized carbons (Fsp3) is 0.368. The van der Waals surface area contributed by atoms with Crippen molar-refractivity contribution in [2.75, 3.05) is 0 Å². The number of nitrogens with two attached hydrogens (primary N) is 1. The molecule has 0 radical (unpaired) electrons. The minimum Gasteiger partial charge on any atom is -0.320 e. The first-order valence-electron chi connectivity index (χ1n) is 7.80. The van der Waals surface area contributed by atoms with E-state index in [1.807, 2.05) is 0 Å². The minimum absolute atomic E-state index is 0.0383. The third-order valence-corrected chi connectivity index (χ3v) is 5.69. The van der Waals surface area contributed by atoms with Crippen LogP contribution in [0.4, 0.5) is 0 Å². The van der Waals surface area contributed by atoms with Crippen molar-refractivity contribution in [3.05, 3.63) is 70.8 Å². The Kier molecular flexibility index (Phi) is 4.15. The first-order valence-corrected chi connectivity index (χ1v) is 8.38. The average Bonchev–Trinajstić information content (AvgIpc) is 2.96. The molecule has 2 aromatic carbocycles. The highest BCUT2D eigenvalue weighted by Gasteiger charge is 2.30. The van der Waals surface area contributed by atoms with Crippen LogP contribution in [-0.2, 0) is 5.16 Å². The molecule has 3 rings (SSSR count). The molecule has 2 unspecified atom stereocenters. The van der Waals surface area contributed by atoms with Crippen LogP contribution in [0.2, 0.25) is 0 Å². The van der Waals surface area contributed by atoms with E-state index in [9.17, 15) is 0 Å². The predicted molar refractivity (Wildman–Crippen MR) is 93.5 cm³/mol. The largest absolute Gasteiger partial charge is 0.320 e. The Morgan fingerprint density at radius 1 is 0.905 bits per heavy atom. The number of hydrogen-bond donors (Lipinski definition) is 1. The molecule has 0 saturated heterocycles. The Morgan fingerprint density at radius 2 is 1.38 bits per heavy atom. The molecule has 1 nitrogen and oxygen atoms in total. The fourth-order valence-electron chi connectivity index (χ4n) is 3.28. The van der Waals surface area contributed by atoms with Crippen LogP contribution in [0, 0.1) is 6.92 Å². The highest BCUT2D eigenvalue weighted by Crippen LogP contribution is 2.46. The van der Waals surface area contributed by atoms with Crippen LogP contribution in [0.25, 0.3) is 0 Å². The van der Waals surface area contributed by atoms with Gasteiger partial charge in [-0.25, -0.2) is 0 Å². The minimum atomic E-state index is -0.0383. The molecule has 110 valence electrons. The molecule has 1 aliphatic carbocycles. The first-order chi connectivity index (χ1) is 10.1. The molecule has 2 heteroatoms. The molecule has 2 atom stereocenters. The van der Waals surface area contributed by atoms with Gasteiger partial charge in [0.25, 0.3) is 0 Å². The summed E-state index contributed by atoms with van der Waals surface area (Å²) in [5, 5.41) is 0.298. The summed E-state index contributed by atoms with van der Waals surface area (Å²) in [6, 6.07) is 17.4. The van der Waals surface area contributed by atoms with Crippen molar-refractivity contribution >= 4 is 9.24 Å². The molecule has 1 fully saturated rings. The highest BCUT2D eigenvalue weighted by atomic mass is 31.0. The lowest BCUT2D eigenvalue weighted by molar-refractivity contribution is 0.651. The molecule has 0 spiro atoms. The maximum absolute atomic E-state index is 6.40. The van der Waals surface area contributed by atoms with Gasteiger partial charge in [-0.1, -0.05) is 66.9 Å². The summed E-state index contributed by atoms with van der Waals surface area (Å²) in [4.78, 5) is 0. The van der Waals surface area contributed by atoms with Crippen LogP contribution in [0.3, 0.4) is 0 Å². The van der Waals surface area contributed by atoms with E-state index in [4.69, 9.17) is 5.73 Å². The summed E-state index contributed by atoms with van der Waals surface area (Å²) in [6.07, 6.45) is 5.24. The summed E-state index contributed by atoms with van der Waals surface area (Å²) < 4.78 is 0. The van der Waals surface area contributed by atoms with Gasteiger partial charge in [-0.2, -0.15) is 0 Å². The van der Waals surface area contributed by atoms with E-state index >= 15 is 0 Å². The zero-order valence-corrected chi connectivity index (χ0v) is 13.8. The monoisotopic (exact) mass is 297 g/mol. The molecule has 0 aliphatic heterocycles. The zero-order valence-electron chi connectivity index (χ0n) is 12.7. The molecule has 1 saturated carbocycles. The van der Waals surface area contributed by atoms with Crippen molar-refractivity contribution < 1.29 is 0 Å². The van der Waals surface area contributed by atoms with Crippen molar-refractivity contribution in [2.45, 2.75) is 43.8 Å². The van der Waals surface area contributed by atoms with E-state index in [1.165, 1.54) is 47.9 Å². The van der Waals surface area contributed by atoms with Gasteiger partial charge < -0.3 is 5.73 Å². The van der Waals surface area contributed by atoms with Crippen molar-refractivity contribution in [1.29, 1.82) is 0 Å². The number of aryl methyl sites for hydroxylation is 1. The lowest BCUT2D eigenvalue weighted by Crippen LogP contribution is -2.14. The second kappa shape index (κ2) is 5.91. The molecule has 0 heterocycles. The summed E-state index contributed by atoms with van der Waals surface area (Å²) >= 11 is 0. The van der Waals surface area contributed by atoms with Crippen LogP contribution >= 0.6 is 9.24 Å². The molecular weight excluding hydrogens is 273 g/mol. The highest BCUT2D eigenvalue weighted by molar-refractivity contribution is 7.18. The van der Waals surface area contributed by atoms with Crippen molar-refractivity contribution in [3.63, 3.8) is 0 Å². The molecule has 21 heavy (non-hydrogen) atoms. The normalized spacial score (nSPS) is 18.6. The van der Waals surface area contributed by atoms with E-state index in [2.05, 4.69) is 64.7 Å². The second-order valence-electron chi connectivity index (χ2n) is 6.37. The van der Waals surface area contributed by atoms with E-state index in [0.29, 0.717) is 5.16 Å². The second-order valence-corrected chi connectivity index (χ2v) is 7.48. The van der Waals surface area contributed by atoms with Crippen molar-refractivity contribution in [1.82, 2.24) is 0 Å². The summed E-state index contributed by atoms with van der Waals surface area (Å²) in [7, 11) is 3.08. The standard InChI is InChI=1S/C19H24NP/c1-14-4-6-15(7-5-14)18(20)16-8-10-17(11-9-16)19(21)12-2-3-13-19/h4-11,18H,2-3,12-13,20-21H2,1H3. The average molecular weight is 297 g/mol. The SMILES string of the molecule is Cc1ccc(C(N)c2ccc(C3(P)CCCC3)cc2)cc1. The molecule has 2 N–H and O–H groups in total. The van der Waals surface area contributed by atoms with Crippen molar-refractivity contribution in [2.24, 2.45) is 5.73 Å². The fourth-order valence-corrected chi connectivity index (χ4v) is 3.88. The maximum atomic E-state index is 6.40. The first kappa shape index (κ1) is 14.8. The Labute approximate surface area is 130 Å². The molecule has 0 bridgehead atoms. The Morgan fingerprint density at radius 3 is 1.90 bits per heavy atom. The van der Waals surface area contributed by atoms with Gasteiger partial charge in [0, 0.05) is 5.16 Å². The zero-order chi connectivity index (χ0) is 14.9. The van der Waals surface area contributed by atoms with Crippen LogP contribution in [-0.4, -0.2) is 0 Å². The van der Waals surface area contributed by atoms with Crippen molar-refractivity contribution in [3.8, 4) is 0 Å². The Hall–Kier alpha value is -1.17. The van der Waals surface area contributed by atoms with Gasteiger partial charge in [0.05, 0.1) is 6.04 Å². The number of benzene rings is 2. The number of rotatable bonds is 3. The number of hydrogen-bond acceptors (Lipinski definition) is 1. The topological polar surface area (TPSA) is 26.0 Å². The van der Waals surface area contributed by atoms with Gasteiger partial charge >= 0.3 is 0 Å². The van der Waals surface area contributed by atoms with Crippen LogP contribution in [0.5, 0.6) is 0 Å². The molecular formula is C19H24NP. The quantitative estimate of drug-likeness (QED) is 0.817. The molecule has 0 aromatic heterocycles. The summed E-state index contributed by atoms with van der Waals surface area (Å²) in [5.41, 5.74) is 11.5. The third kappa shape index (κ3) is 3.05. The Bertz CT molecular complexity index is 594. The van der Waals surface area contributed by atoms with Gasteiger partial charge in [-0.15, -0.1) is 9.24 Å². The van der Waals surface area contributed by atoms with E-state index < -0.39 is 0 Å². The van der Waals surface area contributed by atoms with Crippen LogP contribution in [0.1, 0.15) is 54.0 Å². The van der Waals surface area contributed by atoms with Gasteiger partial charge in [0.1, 0.15) is 0 Å². The van der Waals surface area contributed by atoms with Gasteiger partial charge in [0.15, 0.2) is 0 Å². The van der Waals surface area contributed by atoms with Crippen LogP contribution in [0.15, 0.2) is 48.5 Å². The summed E-state index contributed by atoms with van der Waals surface area (Å²) in [6.45, 7) is 2.10. The van der Waals surface area contributed by atoms with Gasteiger partial charge in [-0.3, -0.25) is 0 Å². The lowest BCUT2D eigenvalue weighted by atomic mass is 9.92. The molecule has 1 aliphatic rings. The molecule has 0 amide bonds. The summed E-state index contributed by atoms with van der Waals surface area (Å²) in [5.74, 6) is 0. The smallest absolute Gasteiger partial charge is 0.0551 e. The lowest BCUT2D eigenvalue weighted by Gasteiger charge is -2.24. The molecule has 2 aromatic rings. The maximum Gasteiger partial charge on any atom is 0.0551 e. The third-order valence-electron chi connectivity index (χ3n) is 4.78.